The van der Waals surface area contributed by atoms with E-state index in [0.717, 1.165) is 12.8 Å². The number of nitrogens with zero attached hydrogens (tertiary/aromatic N) is 2. The van der Waals surface area contributed by atoms with Crippen LogP contribution in [0.5, 0.6) is 0 Å². The van der Waals surface area contributed by atoms with Gasteiger partial charge in [-0.1, -0.05) is 33.1 Å². The summed E-state index contributed by atoms with van der Waals surface area (Å²) in [4.78, 5) is 29.2. The molecule has 2 aromatic rings. The molecule has 6 heteroatoms. The van der Waals surface area contributed by atoms with Crippen molar-refractivity contribution in [2.24, 2.45) is 5.92 Å². The molecular formula is C16H23N3O2S. The van der Waals surface area contributed by atoms with E-state index in [1.54, 1.807) is 6.07 Å². The maximum absolute atomic E-state index is 12.2. The SMILES string of the molecule is CCCC[C@@H](CC)CNC(=O)Cn1cnc2sccc2c1=O. The van der Waals surface area contributed by atoms with Crippen molar-refractivity contribution in [3.8, 4) is 0 Å². The zero-order valence-electron chi connectivity index (χ0n) is 13.2. The van der Waals surface area contributed by atoms with Gasteiger partial charge in [-0.25, -0.2) is 4.98 Å². The smallest absolute Gasteiger partial charge is 0.262 e. The molecule has 5 nitrogen and oxygen atoms in total. The Morgan fingerprint density at radius 1 is 1.45 bits per heavy atom. The molecule has 0 unspecified atom stereocenters. The quantitative estimate of drug-likeness (QED) is 0.813. The Hall–Kier alpha value is -1.69. The lowest BCUT2D eigenvalue weighted by Crippen LogP contribution is -2.35. The van der Waals surface area contributed by atoms with Crippen molar-refractivity contribution >= 4 is 27.5 Å². The van der Waals surface area contributed by atoms with Crippen molar-refractivity contribution in [3.63, 3.8) is 0 Å². The van der Waals surface area contributed by atoms with Gasteiger partial charge in [0.2, 0.25) is 5.91 Å². The van der Waals surface area contributed by atoms with Gasteiger partial charge in [0.05, 0.1) is 11.7 Å². The Kier molecular flexibility index (Phi) is 6.12. The highest BCUT2D eigenvalue weighted by Gasteiger charge is 2.11. The summed E-state index contributed by atoms with van der Waals surface area (Å²) in [6.45, 7) is 5.02. The molecule has 22 heavy (non-hydrogen) atoms. The van der Waals surface area contributed by atoms with Crippen molar-refractivity contribution in [1.82, 2.24) is 14.9 Å². The Bertz CT molecular complexity index is 677. The average Bonchev–Trinajstić information content (AvgIpc) is 3.00. The van der Waals surface area contributed by atoms with Crippen LogP contribution in [-0.2, 0) is 11.3 Å². The summed E-state index contributed by atoms with van der Waals surface area (Å²) in [6, 6.07) is 1.75. The molecule has 0 aliphatic heterocycles. The van der Waals surface area contributed by atoms with Gasteiger partial charge in [0.25, 0.3) is 5.56 Å². The number of aromatic nitrogens is 2. The summed E-state index contributed by atoms with van der Waals surface area (Å²) >= 11 is 1.43. The first-order chi connectivity index (χ1) is 10.7. The standard InChI is InChI=1S/C16H23N3O2S/c1-3-5-6-12(4-2)9-17-14(20)10-19-11-18-15-13(16(19)21)7-8-22-15/h7-8,11-12H,3-6,9-10H2,1-2H3,(H,17,20)/t12-/m1/s1. The maximum atomic E-state index is 12.2. The molecule has 0 fully saturated rings. The second kappa shape index (κ2) is 8.08. The van der Waals surface area contributed by atoms with Gasteiger partial charge in [0.15, 0.2) is 0 Å². The molecule has 0 aliphatic carbocycles. The monoisotopic (exact) mass is 321 g/mol. The van der Waals surface area contributed by atoms with Gasteiger partial charge in [-0.15, -0.1) is 11.3 Å². The third-order valence-electron chi connectivity index (χ3n) is 3.90. The van der Waals surface area contributed by atoms with E-state index in [0.29, 0.717) is 22.7 Å². The second-order valence-electron chi connectivity index (χ2n) is 5.54. The van der Waals surface area contributed by atoms with Crippen LogP contribution in [0.1, 0.15) is 39.5 Å². The van der Waals surface area contributed by atoms with Gasteiger partial charge in [-0.3, -0.25) is 14.2 Å². The first kappa shape index (κ1) is 16.7. The van der Waals surface area contributed by atoms with Crippen LogP contribution in [0.2, 0.25) is 0 Å². The lowest BCUT2D eigenvalue weighted by atomic mass is 9.99. The highest BCUT2D eigenvalue weighted by Crippen LogP contribution is 2.13. The number of hydrogen-bond donors (Lipinski definition) is 1. The number of rotatable bonds is 8. The molecule has 0 spiro atoms. The van der Waals surface area contributed by atoms with Crippen molar-refractivity contribution in [2.45, 2.75) is 46.1 Å². The summed E-state index contributed by atoms with van der Waals surface area (Å²) in [5, 5.41) is 5.35. The predicted molar refractivity (Wildman–Crippen MR) is 90.2 cm³/mol. The molecule has 1 amide bonds. The van der Waals surface area contributed by atoms with E-state index < -0.39 is 0 Å². The number of carbonyl (C=O) groups excluding carboxylic acids is 1. The van der Waals surface area contributed by atoms with Crippen molar-refractivity contribution in [3.05, 3.63) is 28.1 Å². The van der Waals surface area contributed by atoms with Gasteiger partial charge in [0, 0.05) is 6.54 Å². The van der Waals surface area contributed by atoms with Crippen LogP contribution in [0.3, 0.4) is 0 Å². The van der Waals surface area contributed by atoms with E-state index in [9.17, 15) is 9.59 Å². The molecule has 0 bridgehead atoms. The van der Waals surface area contributed by atoms with E-state index >= 15 is 0 Å². The van der Waals surface area contributed by atoms with Crippen molar-refractivity contribution in [2.75, 3.05) is 6.54 Å². The van der Waals surface area contributed by atoms with Gasteiger partial charge in [-0.2, -0.15) is 0 Å². The number of carbonyl (C=O) groups is 1. The topological polar surface area (TPSA) is 64.0 Å². The molecule has 0 radical (unpaired) electrons. The summed E-state index contributed by atoms with van der Waals surface area (Å²) < 4.78 is 1.37. The van der Waals surface area contributed by atoms with Crippen molar-refractivity contribution in [1.29, 1.82) is 0 Å². The molecule has 0 saturated heterocycles. The lowest BCUT2D eigenvalue weighted by molar-refractivity contribution is -0.121. The van der Waals surface area contributed by atoms with Crippen LogP contribution >= 0.6 is 11.3 Å². The minimum absolute atomic E-state index is 0.0296. The van der Waals surface area contributed by atoms with Gasteiger partial charge in [0.1, 0.15) is 11.4 Å². The maximum Gasteiger partial charge on any atom is 0.262 e. The summed E-state index contributed by atoms with van der Waals surface area (Å²) in [6.07, 6.45) is 6.01. The van der Waals surface area contributed by atoms with E-state index in [1.165, 1.54) is 35.1 Å². The van der Waals surface area contributed by atoms with E-state index in [2.05, 4.69) is 24.1 Å². The first-order valence-electron chi connectivity index (χ1n) is 7.85. The number of nitrogens with one attached hydrogen (secondary N) is 1. The first-order valence-corrected chi connectivity index (χ1v) is 8.73. The third-order valence-corrected chi connectivity index (χ3v) is 4.72. The van der Waals surface area contributed by atoms with Crippen LogP contribution in [0.15, 0.2) is 22.6 Å². The highest BCUT2D eigenvalue weighted by atomic mass is 32.1. The second-order valence-corrected chi connectivity index (χ2v) is 6.43. The minimum Gasteiger partial charge on any atom is -0.354 e. The molecule has 2 rings (SSSR count). The average molecular weight is 321 g/mol. The van der Waals surface area contributed by atoms with Gasteiger partial charge >= 0.3 is 0 Å². The van der Waals surface area contributed by atoms with Gasteiger partial charge < -0.3 is 5.32 Å². The fraction of sp³-hybridized carbons (Fsp3) is 0.562. The summed E-state index contributed by atoms with van der Waals surface area (Å²) in [5.41, 5.74) is -0.153. The number of fused-ring (bicyclic) bond motifs is 1. The highest BCUT2D eigenvalue weighted by molar-refractivity contribution is 7.16. The summed E-state index contributed by atoms with van der Waals surface area (Å²) in [7, 11) is 0. The number of hydrogen-bond acceptors (Lipinski definition) is 4. The van der Waals surface area contributed by atoms with Crippen LogP contribution in [0, 0.1) is 5.92 Å². The normalized spacial score (nSPS) is 12.5. The van der Waals surface area contributed by atoms with Gasteiger partial charge in [-0.05, 0) is 23.8 Å². The van der Waals surface area contributed by atoms with Crippen LogP contribution in [0.4, 0.5) is 0 Å². The third kappa shape index (κ3) is 4.16. The van der Waals surface area contributed by atoms with E-state index in [1.807, 2.05) is 5.38 Å². The lowest BCUT2D eigenvalue weighted by Gasteiger charge is -2.15. The zero-order valence-corrected chi connectivity index (χ0v) is 14.0. The van der Waals surface area contributed by atoms with E-state index in [4.69, 9.17) is 0 Å². The zero-order chi connectivity index (χ0) is 15.9. The molecule has 0 aromatic carbocycles. The van der Waals surface area contributed by atoms with Crippen LogP contribution < -0.4 is 10.9 Å². The largest absolute Gasteiger partial charge is 0.354 e. The Morgan fingerprint density at radius 3 is 3.00 bits per heavy atom. The summed E-state index contributed by atoms with van der Waals surface area (Å²) in [5.74, 6) is 0.381. The predicted octanol–water partition coefficient (Wildman–Crippen LogP) is 2.79. The Balaban J connectivity index is 1.93. The van der Waals surface area contributed by atoms with Crippen molar-refractivity contribution < 1.29 is 4.79 Å². The van der Waals surface area contributed by atoms with E-state index in [-0.39, 0.29) is 18.0 Å². The molecule has 0 saturated carbocycles. The fourth-order valence-corrected chi connectivity index (χ4v) is 3.14. The molecular weight excluding hydrogens is 298 g/mol. The molecule has 2 aromatic heterocycles. The number of thiophene rings is 1. The van der Waals surface area contributed by atoms with Crippen LogP contribution in [-0.4, -0.2) is 22.0 Å². The molecule has 2 heterocycles. The molecule has 1 atom stereocenters. The number of unbranched alkanes of at least 4 members (excludes halogenated alkanes) is 1. The fourth-order valence-electron chi connectivity index (χ4n) is 2.42. The number of amides is 1. The molecule has 0 aliphatic rings. The molecule has 120 valence electrons. The molecule has 1 N–H and O–H groups in total. The minimum atomic E-state index is -0.153. The Morgan fingerprint density at radius 2 is 2.27 bits per heavy atom. The van der Waals surface area contributed by atoms with Crippen LogP contribution in [0.25, 0.3) is 10.2 Å². The Labute approximate surface area is 134 Å².